The van der Waals surface area contributed by atoms with E-state index in [1.807, 2.05) is 49.4 Å². The first-order valence-corrected chi connectivity index (χ1v) is 7.23. The van der Waals surface area contributed by atoms with Crippen LogP contribution in [0.25, 0.3) is 11.3 Å². The van der Waals surface area contributed by atoms with Gasteiger partial charge in [-0.05, 0) is 19.1 Å². The summed E-state index contributed by atoms with van der Waals surface area (Å²) in [5.74, 6) is -0.248. The topological polar surface area (TPSA) is 70.1 Å². The van der Waals surface area contributed by atoms with Crippen molar-refractivity contribution < 1.29 is 4.79 Å². The number of nitrogens with zero attached hydrogens (tertiary/aromatic N) is 2. The second-order valence-corrected chi connectivity index (χ2v) is 5.13. The van der Waals surface area contributed by atoms with E-state index in [1.165, 1.54) is 5.56 Å². The van der Waals surface area contributed by atoms with Gasteiger partial charge in [0, 0.05) is 16.7 Å². The van der Waals surface area contributed by atoms with Crippen molar-refractivity contribution in [1.29, 1.82) is 0 Å². The fourth-order valence-electron chi connectivity index (χ4n) is 2.16. The molecule has 5 heteroatoms. The number of carbonyl (C=O) groups is 1. The molecule has 0 aliphatic carbocycles. The van der Waals surface area contributed by atoms with Crippen LogP contribution in [0, 0.1) is 6.92 Å². The number of nitrogens with one attached hydrogen (secondary N) is 2. The molecule has 1 aromatic heterocycles. The van der Waals surface area contributed by atoms with Gasteiger partial charge in [-0.1, -0.05) is 48.0 Å². The van der Waals surface area contributed by atoms with Crippen molar-refractivity contribution in [3.8, 4) is 11.3 Å². The summed E-state index contributed by atoms with van der Waals surface area (Å²) in [5.41, 5.74) is 6.96. The molecule has 0 spiro atoms. The highest BCUT2D eigenvalue weighted by molar-refractivity contribution is 5.95. The molecule has 114 valence electrons. The van der Waals surface area contributed by atoms with E-state index in [4.69, 9.17) is 0 Å². The number of amides is 1. The van der Waals surface area contributed by atoms with E-state index < -0.39 is 0 Å². The Hall–Kier alpha value is -3.21. The summed E-state index contributed by atoms with van der Waals surface area (Å²) >= 11 is 0. The van der Waals surface area contributed by atoms with Crippen LogP contribution in [0.4, 0.5) is 0 Å². The molecule has 0 fully saturated rings. The van der Waals surface area contributed by atoms with E-state index in [-0.39, 0.29) is 5.91 Å². The quantitative estimate of drug-likeness (QED) is 0.574. The summed E-state index contributed by atoms with van der Waals surface area (Å²) in [5, 5.41) is 11.0. The van der Waals surface area contributed by atoms with Crippen LogP contribution in [-0.4, -0.2) is 22.3 Å². The maximum atomic E-state index is 11.9. The third kappa shape index (κ3) is 3.52. The number of H-pyrrole nitrogens is 1. The molecule has 0 aliphatic heterocycles. The summed E-state index contributed by atoms with van der Waals surface area (Å²) in [6, 6.07) is 17.1. The number of hydrazone groups is 1. The molecule has 0 saturated heterocycles. The summed E-state index contributed by atoms with van der Waals surface area (Å²) < 4.78 is 0. The fourth-order valence-corrected chi connectivity index (χ4v) is 2.16. The second kappa shape index (κ2) is 6.70. The number of hydrogen-bond acceptors (Lipinski definition) is 3. The summed E-state index contributed by atoms with van der Waals surface area (Å²) in [4.78, 5) is 11.9. The largest absolute Gasteiger partial charge is 0.277 e. The lowest BCUT2D eigenvalue weighted by molar-refractivity contribution is 0.0955. The number of aryl methyl sites for hydroxylation is 1. The van der Waals surface area contributed by atoms with Crippen molar-refractivity contribution in [2.75, 3.05) is 0 Å². The molecule has 3 rings (SSSR count). The van der Waals surface area contributed by atoms with Gasteiger partial charge in [-0.25, -0.2) is 5.43 Å². The Morgan fingerprint density at radius 1 is 1.13 bits per heavy atom. The van der Waals surface area contributed by atoms with E-state index in [0.717, 1.165) is 16.8 Å². The number of aromatic nitrogens is 2. The van der Waals surface area contributed by atoms with E-state index in [2.05, 4.69) is 20.7 Å². The molecule has 1 amide bonds. The zero-order chi connectivity index (χ0) is 16.1. The Morgan fingerprint density at radius 2 is 1.87 bits per heavy atom. The standard InChI is InChI=1S/C18H16N4O/c1-13-7-9-14(10-8-13)17-16(11-19-21-17)12-20-22-18(23)15-5-3-2-4-6-15/h2-12H,1H3,(H,19,21)(H,22,23)/b20-12+. The average Bonchev–Trinajstić information content (AvgIpc) is 3.05. The number of aromatic amines is 1. The van der Waals surface area contributed by atoms with Crippen molar-refractivity contribution in [3.05, 3.63) is 77.5 Å². The van der Waals surface area contributed by atoms with Crippen LogP contribution in [0.5, 0.6) is 0 Å². The maximum Gasteiger partial charge on any atom is 0.271 e. The van der Waals surface area contributed by atoms with Crippen LogP contribution in [0.3, 0.4) is 0 Å². The third-order valence-corrected chi connectivity index (χ3v) is 3.41. The van der Waals surface area contributed by atoms with Crippen LogP contribution in [0.2, 0.25) is 0 Å². The molecule has 2 aromatic carbocycles. The van der Waals surface area contributed by atoms with Crippen molar-refractivity contribution >= 4 is 12.1 Å². The predicted molar refractivity (Wildman–Crippen MR) is 90.3 cm³/mol. The lowest BCUT2D eigenvalue weighted by Gasteiger charge is -2.01. The zero-order valence-electron chi connectivity index (χ0n) is 12.7. The highest BCUT2D eigenvalue weighted by Crippen LogP contribution is 2.20. The summed E-state index contributed by atoms with van der Waals surface area (Å²) in [6.45, 7) is 2.04. The Bertz CT molecular complexity index is 820. The van der Waals surface area contributed by atoms with Gasteiger partial charge >= 0.3 is 0 Å². The lowest BCUT2D eigenvalue weighted by atomic mass is 10.1. The molecule has 0 saturated carbocycles. The molecular weight excluding hydrogens is 288 g/mol. The summed E-state index contributed by atoms with van der Waals surface area (Å²) in [7, 11) is 0. The van der Waals surface area contributed by atoms with Crippen LogP contribution >= 0.6 is 0 Å². The van der Waals surface area contributed by atoms with E-state index in [0.29, 0.717) is 5.56 Å². The monoisotopic (exact) mass is 304 g/mol. The first kappa shape index (κ1) is 14.7. The fraction of sp³-hybridized carbons (Fsp3) is 0.0556. The van der Waals surface area contributed by atoms with E-state index in [9.17, 15) is 4.79 Å². The van der Waals surface area contributed by atoms with Gasteiger partial charge in [0.2, 0.25) is 0 Å². The minimum absolute atomic E-state index is 0.248. The minimum Gasteiger partial charge on any atom is -0.277 e. The van der Waals surface area contributed by atoms with Gasteiger partial charge in [0.25, 0.3) is 5.91 Å². The van der Waals surface area contributed by atoms with Gasteiger partial charge < -0.3 is 0 Å². The van der Waals surface area contributed by atoms with Crippen molar-refractivity contribution in [2.24, 2.45) is 5.10 Å². The van der Waals surface area contributed by atoms with Gasteiger partial charge in [-0.3, -0.25) is 9.89 Å². The molecule has 23 heavy (non-hydrogen) atoms. The molecule has 5 nitrogen and oxygen atoms in total. The highest BCUT2D eigenvalue weighted by Gasteiger charge is 2.06. The van der Waals surface area contributed by atoms with Crippen LogP contribution in [-0.2, 0) is 0 Å². The molecule has 0 radical (unpaired) electrons. The molecule has 2 N–H and O–H groups in total. The predicted octanol–water partition coefficient (Wildman–Crippen LogP) is 3.15. The Balaban J connectivity index is 1.73. The molecule has 0 bridgehead atoms. The Morgan fingerprint density at radius 3 is 2.61 bits per heavy atom. The first-order chi connectivity index (χ1) is 11.2. The molecule has 0 aliphatic rings. The van der Waals surface area contributed by atoms with Crippen molar-refractivity contribution in [3.63, 3.8) is 0 Å². The molecule has 0 atom stereocenters. The lowest BCUT2D eigenvalue weighted by Crippen LogP contribution is -2.17. The number of hydrogen-bond donors (Lipinski definition) is 2. The van der Waals surface area contributed by atoms with Crippen molar-refractivity contribution in [2.45, 2.75) is 6.92 Å². The van der Waals surface area contributed by atoms with Gasteiger partial charge in [0.05, 0.1) is 18.1 Å². The normalized spacial score (nSPS) is 10.8. The first-order valence-electron chi connectivity index (χ1n) is 7.23. The zero-order valence-corrected chi connectivity index (χ0v) is 12.7. The number of rotatable bonds is 4. The molecular formula is C18H16N4O. The van der Waals surface area contributed by atoms with Crippen molar-refractivity contribution in [1.82, 2.24) is 15.6 Å². The maximum absolute atomic E-state index is 11.9. The van der Waals surface area contributed by atoms with Crippen LogP contribution in [0.15, 0.2) is 65.9 Å². The highest BCUT2D eigenvalue weighted by atomic mass is 16.2. The van der Waals surface area contributed by atoms with Gasteiger partial charge in [-0.2, -0.15) is 10.2 Å². The van der Waals surface area contributed by atoms with E-state index in [1.54, 1.807) is 24.5 Å². The van der Waals surface area contributed by atoms with Crippen LogP contribution in [0.1, 0.15) is 21.5 Å². The average molecular weight is 304 g/mol. The number of carbonyl (C=O) groups excluding carboxylic acids is 1. The minimum atomic E-state index is -0.248. The van der Waals surface area contributed by atoms with Gasteiger partial charge in [-0.15, -0.1) is 0 Å². The number of benzene rings is 2. The third-order valence-electron chi connectivity index (χ3n) is 3.41. The Kier molecular flexibility index (Phi) is 4.29. The van der Waals surface area contributed by atoms with E-state index >= 15 is 0 Å². The molecule has 0 unspecified atom stereocenters. The Labute approximate surface area is 134 Å². The van der Waals surface area contributed by atoms with Gasteiger partial charge in [0.15, 0.2) is 0 Å². The molecule has 1 heterocycles. The van der Waals surface area contributed by atoms with Crippen LogP contribution < -0.4 is 5.43 Å². The van der Waals surface area contributed by atoms with Gasteiger partial charge in [0.1, 0.15) is 0 Å². The SMILES string of the molecule is Cc1ccc(-c2[nH]ncc2/C=N/NC(=O)c2ccccc2)cc1. The molecule has 3 aromatic rings. The smallest absolute Gasteiger partial charge is 0.271 e. The summed E-state index contributed by atoms with van der Waals surface area (Å²) in [6.07, 6.45) is 3.26. The second-order valence-electron chi connectivity index (χ2n) is 5.13.